The molecule has 1 saturated carbocycles. The molecule has 1 aromatic carbocycles. The molecule has 6 heteroatoms. The van der Waals surface area contributed by atoms with Gasteiger partial charge in [0, 0.05) is 12.1 Å². The fourth-order valence-electron chi connectivity index (χ4n) is 2.79. The van der Waals surface area contributed by atoms with Crippen molar-refractivity contribution < 1.29 is 8.42 Å². The van der Waals surface area contributed by atoms with Crippen molar-refractivity contribution in [2.45, 2.75) is 37.5 Å². The highest BCUT2D eigenvalue weighted by Crippen LogP contribution is 2.29. The van der Waals surface area contributed by atoms with Crippen LogP contribution in [0.1, 0.15) is 38.2 Å². The lowest BCUT2D eigenvalue weighted by atomic mass is 9.81. The first kappa shape index (κ1) is 16.4. The second-order valence-corrected chi connectivity index (χ2v) is 7.97. The molecule has 0 spiro atoms. The first-order valence-corrected chi connectivity index (χ1v) is 9.19. The molecule has 3 N–H and O–H groups in total. The van der Waals surface area contributed by atoms with Gasteiger partial charge in [0.05, 0.1) is 4.90 Å². The van der Waals surface area contributed by atoms with E-state index in [1.807, 2.05) is 0 Å². The number of rotatable bonds is 5. The monoisotopic (exact) mass is 326 g/mol. The van der Waals surface area contributed by atoms with Crippen LogP contribution in [0.5, 0.6) is 0 Å². The molecule has 0 bridgehead atoms. The smallest absolute Gasteiger partial charge is 0.240 e. The molecular weight excluding hydrogens is 304 g/mol. The molecule has 0 saturated heterocycles. The van der Waals surface area contributed by atoms with Gasteiger partial charge in [-0.15, -0.1) is 0 Å². The molecule has 0 aliphatic heterocycles. The van der Waals surface area contributed by atoms with E-state index < -0.39 is 10.0 Å². The summed E-state index contributed by atoms with van der Waals surface area (Å²) in [6.07, 6.45) is 4.74. The quantitative estimate of drug-likeness (QED) is 0.815. The molecule has 116 valence electrons. The maximum atomic E-state index is 12.3. The number of thiocarbonyl (C=S) groups is 1. The van der Waals surface area contributed by atoms with Crippen molar-refractivity contribution in [3.8, 4) is 0 Å². The van der Waals surface area contributed by atoms with E-state index in [1.54, 1.807) is 24.3 Å². The van der Waals surface area contributed by atoms with Crippen LogP contribution in [0.4, 0.5) is 0 Å². The summed E-state index contributed by atoms with van der Waals surface area (Å²) < 4.78 is 27.3. The summed E-state index contributed by atoms with van der Waals surface area (Å²) in [5.74, 6) is 1.02. The predicted octanol–water partition coefficient (Wildman–Crippen LogP) is 2.43. The molecule has 4 nitrogen and oxygen atoms in total. The molecule has 1 fully saturated rings. The van der Waals surface area contributed by atoms with E-state index in [2.05, 4.69) is 11.6 Å². The van der Waals surface area contributed by atoms with Gasteiger partial charge in [-0.25, -0.2) is 13.1 Å². The topological polar surface area (TPSA) is 72.2 Å². The fourth-order valence-corrected chi connectivity index (χ4v) is 4.03. The molecule has 2 unspecified atom stereocenters. The zero-order valence-electron chi connectivity index (χ0n) is 12.2. The minimum Gasteiger partial charge on any atom is -0.389 e. The van der Waals surface area contributed by atoms with Gasteiger partial charge in [0.2, 0.25) is 10.0 Å². The van der Waals surface area contributed by atoms with E-state index in [-0.39, 0.29) is 9.88 Å². The van der Waals surface area contributed by atoms with Crippen molar-refractivity contribution in [2.24, 2.45) is 17.6 Å². The average Bonchev–Trinajstić information content (AvgIpc) is 2.46. The van der Waals surface area contributed by atoms with Crippen LogP contribution in [0.15, 0.2) is 29.2 Å². The van der Waals surface area contributed by atoms with Gasteiger partial charge >= 0.3 is 0 Å². The van der Waals surface area contributed by atoms with Gasteiger partial charge in [0.1, 0.15) is 4.99 Å². The summed E-state index contributed by atoms with van der Waals surface area (Å²) in [7, 11) is -3.46. The maximum Gasteiger partial charge on any atom is 0.240 e. The summed E-state index contributed by atoms with van der Waals surface area (Å²) in [4.78, 5) is 0.522. The van der Waals surface area contributed by atoms with E-state index in [0.717, 1.165) is 6.42 Å². The summed E-state index contributed by atoms with van der Waals surface area (Å²) in [6, 6.07) is 6.36. The zero-order valence-corrected chi connectivity index (χ0v) is 13.8. The standard InChI is InChI=1S/C15H22N2O2S2/c1-11-4-2-3-5-13(11)10-17-21(18,19)14-8-6-12(7-9-14)15(16)20/h6-9,11,13,17H,2-5,10H2,1H3,(H2,16,20). The van der Waals surface area contributed by atoms with Crippen molar-refractivity contribution in [1.29, 1.82) is 0 Å². The Bertz CT molecular complexity index is 597. The third-order valence-corrected chi connectivity index (χ3v) is 5.95. The van der Waals surface area contributed by atoms with Crippen LogP contribution in [-0.4, -0.2) is 20.0 Å². The number of benzene rings is 1. The number of hydrogen-bond acceptors (Lipinski definition) is 3. The minimum atomic E-state index is -3.46. The van der Waals surface area contributed by atoms with E-state index in [1.165, 1.54) is 19.3 Å². The molecule has 2 rings (SSSR count). The van der Waals surface area contributed by atoms with Crippen molar-refractivity contribution >= 4 is 27.2 Å². The Morgan fingerprint density at radius 1 is 1.29 bits per heavy atom. The zero-order chi connectivity index (χ0) is 15.5. The molecule has 0 radical (unpaired) electrons. The van der Waals surface area contributed by atoms with Crippen LogP contribution in [-0.2, 0) is 10.0 Å². The van der Waals surface area contributed by atoms with E-state index in [9.17, 15) is 8.42 Å². The van der Waals surface area contributed by atoms with Gasteiger partial charge in [0.25, 0.3) is 0 Å². The summed E-state index contributed by atoms with van der Waals surface area (Å²) in [6.45, 7) is 2.72. The van der Waals surface area contributed by atoms with Gasteiger partial charge in [-0.3, -0.25) is 0 Å². The van der Waals surface area contributed by atoms with Gasteiger partial charge < -0.3 is 5.73 Å². The van der Waals surface area contributed by atoms with Crippen LogP contribution in [0.2, 0.25) is 0 Å². The van der Waals surface area contributed by atoms with Crippen molar-refractivity contribution in [3.63, 3.8) is 0 Å². The molecule has 2 atom stereocenters. The summed E-state index contributed by atoms with van der Waals surface area (Å²) in [5, 5.41) is 0. The number of nitrogens with one attached hydrogen (secondary N) is 1. The second-order valence-electron chi connectivity index (χ2n) is 5.76. The van der Waals surface area contributed by atoms with Crippen LogP contribution < -0.4 is 10.5 Å². The largest absolute Gasteiger partial charge is 0.389 e. The summed E-state index contributed by atoms with van der Waals surface area (Å²) in [5.41, 5.74) is 6.18. The minimum absolute atomic E-state index is 0.256. The fraction of sp³-hybridized carbons (Fsp3) is 0.533. The Morgan fingerprint density at radius 3 is 2.48 bits per heavy atom. The Hall–Kier alpha value is -0.980. The highest BCUT2D eigenvalue weighted by molar-refractivity contribution is 7.89. The average molecular weight is 326 g/mol. The number of nitrogens with two attached hydrogens (primary N) is 1. The number of hydrogen-bond donors (Lipinski definition) is 2. The third-order valence-electron chi connectivity index (χ3n) is 4.27. The van der Waals surface area contributed by atoms with Crippen LogP contribution >= 0.6 is 12.2 Å². The first-order chi connectivity index (χ1) is 9.90. The molecule has 0 amide bonds. The Labute approximate surface area is 132 Å². The van der Waals surface area contributed by atoms with Crippen molar-refractivity contribution in [2.75, 3.05) is 6.54 Å². The lowest BCUT2D eigenvalue weighted by Gasteiger charge is -2.28. The highest BCUT2D eigenvalue weighted by atomic mass is 32.2. The Balaban J connectivity index is 2.02. The van der Waals surface area contributed by atoms with E-state index in [4.69, 9.17) is 18.0 Å². The van der Waals surface area contributed by atoms with E-state index >= 15 is 0 Å². The lowest BCUT2D eigenvalue weighted by Crippen LogP contribution is -2.33. The molecule has 1 aliphatic rings. The molecule has 0 aromatic heterocycles. The third kappa shape index (κ3) is 4.25. The van der Waals surface area contributed by atoms with Gasteiger partial charge in [0.15, 0.2) is 0 Å². The highest BCUT2D eigenvalue weighted by Gasteiger charge is 2.23. The first-order valence-electron chi connectivity index (χ1n) is 7.29. The Kier molecular flexibility index (Phi) is 5.35. The number of sulfonamides is 1. The van der Waals surface area contributed by atoms with Crippen molar-refractivity contribution in [3.05, 3.63) is 29.8 Å². The normalized spacial score (nSPS) is 22.9. The Morgan fingerprint density at radius 2 is 1.90 bits per heavy atom. The van der Waals surface area contributed by atoms with Gasteiger partial charge in [-0.2, -0.15) is 0 Å². The summed E-state index contributed by atoms with van der Waals surface area (Å²) >= 11 is 4.86. The molecular formula is C15H22N2O2S2. The molecule has 0 heterocycles. The van der Waals surface area contributed by atoms with Gasteiger partial charge in [-0.05, 0) is 30.4 Å². The predicted molar refractivity (Wildman–Crippen MR) is 88.6 cm³/mol. The maximum absolute atomic E-state index is 12.3. The van der Waals surface area contributed by atoms with Crippen LogP contribution in [0.3, 0.4) is 0 Å². The van der Waals surface area contributed by atoms with Crippen LogP contribution in [0, 0.1) is 11.8 Å². The molecule has 1 aliphatic carbocycles. The SMILES string of the molecule is CC1CCCCC1CNS(=O)(=O)c1ccc(C(N)=S)cc1. The van der Waals surface area contributed by atoms with E-state index in [0.29, 0.717) is 23.9 Å². The van der Waals surface area contributed by atoms with Gasteiger partial charge in [-0.1, -0.05) is 50.5 Å². The lowest BCUT2D eigenvalue weighted by molar-refractivity contribution is 0.257. The molecule has 1 aromatic rings. The van der Waals surface area contributed by atoms with Crippen molar-refractivity contribution in [1.82, 2.24) is 4.72 Å². The molecule has 21 heavy (non-hydrogen) atoms. The van der Waals surface area contributed by atoms with Crippen LogP contribution in [0.25, 0.3) is 0 Å². The second kappa shape index (κ2) is 6.85.